The topological polar surface area (TPSA) is 84.9 Å². The van der Waals surface area contributed by atoms with E-state index in [1.165, 1.54) is 0 Å². The minimum absolute atomic E-state index is 0.472. The van der Waals surface area contributed by atoms with Crippen LogP contribution in [0.25, 0.3) is 0 Å². The number of rotatable bonds is 3. The minimum Gasteiger partial charge on any atom is -0.481 e. The SMILES string of the molecule is CC(C)(C)OC(=O)NOC1CCCC1C(=O)O. The second-order valence-electron chi connectivity index (χ2n) is 5.14. The summed E-state index contributed by atoms with van der Waals surface area (Å²) >= 11 is 0. The second kappa shape index (κ2) is 5.35. The first-order chi connectivity index (χ1) is 7.79. The van der Waals surface area contributed by atoms with E-state index in [4.69, 9.17) is 14.7 Å². The van der Waals surface area contributed by atoms with Crippen LogP contribution in [0.4, 0.5) is 4.79 Å². The van der Waals surface area contributed by atoms with E-state index < -0.39 is 29.7 Å². The lowest BCUT2D eigenvalue weighted by Gasteiger charge is -2.21. The summed E-state index contributed by atoms with van der Waals surface area (Å²) in [6.45, 7) is 5.21. The van der Waals surface area contributed by atoms with Crippen LogP contribution in [0.3, 0.4) is 0 Å². The maximum Gasteiger partial charge on any atom is 0.431 e. The lowest BCUT2D eigenvalue weighted by molar-refractivity contribution is -0.148. The largest absolute Gasteiger partial charge is 0.481 e. The van der Waals surface area contributed by atoms with Crippen LogP contribution in [0.1, 0.15) is 40.0 Å². The summed E-state index contributed by atoms with van der Waals surface area (Å²) in [6, 6.07) is 0. The summed E-state index contributed by atoms with van der Waals surface area (Å²) in [5.41, 5.74) is 1.54. The molecular weight excluding hydrogens is 226 g/mol. The van der Waals surface area contributed by atoms with Crippen molar-refractivity contribution in [1.29, 1.82) is 0 Å². The summed E-state index contributed by atoms with van der Waals surface area (Å²) in [5.74, 6) is -1.44. The fourth-order valence-corrected chi connectivity index (χ4v) is 1.77. The number of hydroxylamine groups is 1. The highest BCUT2D eigenvalue weighted by molar-refractivity contribution is 5.71. The molecule has 6 heteroatoms. The molecule has 0 bridgehead atoms. The van der Waals surface area contributed by atoms with Crippen molar-refractivity contribution in [3.05, 3.63) is 0 Å². The van der Waals surface area contributed by atoms with Gasteiger partial charge in [-0.3, -0.25) is 9.63 Å². The van der Waals surface area contributed by atoms with Gasteiger partial charge in [-0.25, -0.2) is 4.79 Å². The van der Waals surface area contributed by atoms with Gasteiger partial charge in [-0.05, 0) is 40.0 Å². The minimum atomic E-state index is -0.890. The molecule has 0 radical (unpaired) electrons. The van der Waals surface area contributed by atoms with Gasteiger partial charge in [0.25, 0.3) is 0 Å². The fraction of sp³-hybridized carbons (Fsp3) is 0.818. The van der Waals surface area contributed by atoms with Gasteiger partial charge in [-0.15, -0.1) is 0 Å². The van der Waals surface area contributed by atoms with Crippen LogP contribution in [0.5, 0.6) is 0 Å². The first kappa shape index (κ1) is 13.8. The maximum absolute atomic E-state index is 11.3. The van der Waals surface area contributed by atoms with Crippen LogP contribution in [-0.4, -0.2) is 28.9 Å². The molecule has 1 fully saturated rings. The first-order valence-corrected chi connectivity index (χ1v) is 5.67. The highest BCUT2D eigenvalue weighted by Gasteiger charge is 2.34. The van der Waals surface area contributed by atoms with Crippen molar-refractivity contribution in [3.8, 4) is 0 Å². The van der Waals surface area contributed by atoms with Gasteiger partial charge in [0.15, 0.2) is 0 Å². The third-order valence-corrected chi connectivity index (χ3v) is 2.46. The molecule has 2 atom stereocenters. The lowest BCUT2D eigenvalue weighted by Crippen LogP contribution is -2.37. The van der Waals surface area contributed by atoms with Crippen LogP contribution in [-0.2, 0) is 14.4 Å². The fourth-order valence-electron chi connectivity index (χ4n) is 1.77. The molecule has 1 saturated carbocycles. The number of carboxylic acids is 1. The van der Waals surface area contributed by atoms with Crippen LogP contribution >= 0.6 is 0 Å². The number of ether oxygens (including phenoxy) is 1. The smallest absolute Gasteiger partial charge is 0.431 e. The Balaban J connectivity index is 2.35. The second-order valence-corrected chi connectivity index (χ2v) is 5.14. The average Bonchev–Trinajstić information content (AvgIpc) is 2.59. The molecule has 6 nitrogen and oxygen atoms in total. The number of carbonyl (C=O) groups is 2. The van der Waals surface area contributed by atoms with Crippen molar-refractivity contribution in [1.82, 2.24) is 5.48 Å². The molecule has 0 aromatic rings. The van der Waals surface area contributed by atoms with Crippen LogP contribution in [0.2, 0.25) is 0 Å². The standard InChI is InChI=1S/C11H19NO5/c1-11(2,3)16-10(15)12-17-8-6-4-5-7(8)9(13)14/h7-8H,4-6H2,1-3H3,(H,12,15)(H,13,14). The Hall–Kier alpha value is -1.30. The maximum atomic E-state index is 11.3. The zero-order valence-electron chi connectivity index (χ0n) is 10.4. The normalized spacial score (nSPS) is 24.4. The molecule has 1 aliphatic rings. The molecule has 1 amide bonds. The van der Waals surface area contributed by atoms with Gasteiger partial charge in [0.1, 0.15) is 5.60 Å². The Morgan fingerprint density at radius 1 is 1.29 bits per heavy atom. The Morgan fingerprint density at radius 3 is 2.47 bits per heavy atom. The Kier molecular flexibility index (Phi) is 4.34. The molecule has 2 N–H and O–H groups in total. The Labute approximate surface area is 100 Å². The highest BCUT2D eigenvalue weighted by atomic mass is 16.7. The van der Waals surface area contributed by atoms with E-state index in [1.807, 2.05) is 0 Å². The van der Waals surface area contributed by atoms with Crippen molar-refractivity contribution in [2.75, 3.05) is 0 Å². The number of amides is 1. The van der Waals surface area contributed by atoms with Gasteiger partial charge in [0.2, 0.25) is 0 Å². The predicted molar refractivity (Wildman–Crippen MR) is 59.2 cm³/mol. The van der Waals surface area contributed by atoms with Gasteiger partial charge >= 0.3 is 12.1 Å². The Morgan fingerprint density at radius 2 is 1.94 bits per heavy atom. The molecule has 98 valence electrons. The van der Waals surface area contributed by atoms with E-state index in [2.05, 4.69) is 5.48 Å². The van der Waals surface area contributed by atoms with E-state index in [0.29, 0.717) is 12.8 Å². The van der Waals surface area contributed by atoms with Crippen molar-refractivity contribution in [2.45, 2.75) is 51.7 Å². The molecule has 2 unspecified atom stereocenters. The number of hydrogen-bond donors (Lipinski definition) is 2. The molecule has 0 spiro atoms. The molecule has 0 aromatic carbocycles. The lowest BCUT2D eigenvalue weighted by atomic mass is 10.1. The van der Waals surface area contributed by atoms with Crippen molar-refractivity contribution < 1.29 is 24.3 Å². The van der Waals surface area contributed by atoms with Crippen molar-refractivity contribution in [3.63, 3.8) is 0 Å². The molecule has 17 heavy (non-hydrogen) atoms. The monoisotopic (exact) mass is 245 g/mol. The van der Waals surface area contributed by atoms with E-state index >= 15 is 0 Å². The average molecular weight is 245 g/mol. The molecule has 0 aromatic heterocycles. The molecular formula is C11H19NO5. The van der Waals surface area contributed by atoms with Gasteiger partial charge in [0.05, 0.1) is 12.0 Å². The quantitative estimate of drug-likeness (QED) is 0.739. The predicted octanol–water partition coefficient (Wildman–Crippen LogP) is 1.70. The number of carboxylic acid groups (broad SMARTS) is 1. The third-order valence-electron chi connectivity index (χ3n) is 2.46. The molecule has 0 saturated heterocycles. The number of carbonyl (C=O) groups excluding carboxylic acids is 1. The number of aliphatic carboxylic acids is 1. The van der Waals surface area contributed by atoms with E-state index in [0.717, 1.165) is 6.42 Å². The first-order valence-electron chi connectivity index (χ1n) is 5.67. The Bertz CT molecular complexity index is 297. The summed E-state index contributed by atoms with van der Waals surface area (Å²) < 4.78 is 4.97. The van der Waals surface area contributed by atoms with E-state index in [-0.39, 0.29) is 0 Å². The summed E-state index contributed by atoms with van der Waals surface area (Å²) in [4.78, 5) is 27.2. The van der Waals surface area contributed by atoms with Gasteiger partial charge in [-0.1, -0.05) is 0 Å². The summed E-state index contributed by atoms with van der Waals surface area (Å²) in [5, 5.41) is 8.91. The zero-order chi connectivity index (χ0) is 13.1. The van der Waals surface area contributed by atoms with Gasteiger partial charge in [-0.2, -0.15) is 5.48 Å². The summed E-state index contributed by atoms with van der Waals surface area (Å²) in [6.07, 6.45) is 0.828. The molecule has 0 aliphatic heterocycles. The van der Waals surface area contributed by atoms with Crippen molar-refractivity contribution in [2.24, 2.45) is 5.92 Å². The highest BCUT2D eigenvalue weighted by Crippen LogP contribution is 2.27. The van der Waals surface area contributed by atoms with E-state index in [1.54, 1.807) is 20.8 Å². The summed E-state index contributed by atoms with van der Waals surface area (Å²) in [7, 11) is 0. The zero-order valence-corrected chi connectivity index (χ0v) is 10.4. The van der Waals surface area contributed by atoms with Crippen molar-refractivity contribution >= 4 is 12.1 Å². The number of hydrogen-bond acceptors (Lipinski definition) is 4. The van der Waals surface area contributed by atoms with E-state index in [9.17, 15) is 9.59 Å². The molecule has 1 rings (SSSR count). The van der Waals surface area contributed by atoms with Crippen LogP contribution in [0.15, 0.2) is 0 Å². The third kappa shape index (κ3) is 4.60. The number of nitrogens with one attached hydrogen (secondary N) is 1. The van der Waals surface area contributed by atoms with Gasteiger partial charge < -0.3 is 9.84 Å². The molecule has 0 heterocycles. The molecule has 1 aliphatic carbocycles. The van der Waals surface area contributed by atoms with Crippen LogP contribution < -0.4 is 5.48 Å². The van der Waals surface area contributed by atoms with Gasteiger partial charge in [0, 0.05) is 0 Å². The van der Waals surface area contributed by atoms with Crippen LogP contribution in [0, 0.1) is 5.92 Å².